The van der Waals surface area contributed by atoms with Gasteiger partial charge < -0.3 is 25.2 Å². The van der Waals surface area contributed by atoms with Crippen LogP contribution < -0.4 is 0 Å². The number of benzene rings is 1. The number of aliphatic hydroxyl groups excluding tert-OH is 4. The SMILES string of the molecule is OC[C@H]1O[C@@H](c2cccc(Cc3cccs3)c2)[C@H](O)[C@@H](O)[C@@H]1O. The van der Waals surface area contributed by atoms with Crippen LogP contribution in [-0.4, -0.2) is 51.4 Å². The molecule has 0 amide bonds. The molecule has 1 aliphatic rings. The summed E-state index contributed by atoms with van der Waals surface area (Å²) in [5.41, 5.74) is 1.79. The Labute approximate surface area is 138 Å². The lowest BCUT2D eigenvalue weighted by Gasteiger charge is -2.40. The maximum absolute atomic E-state index is 10.2. The van der Waals surface area contributed by atoms with Crippen molar-refractivity contribution in [1.29, 1.82) is 0 Å². The zero-order chi connectivity index (χ0) is 16.4. The molecule has 0 aliphatic carbocycles. The second-order valence-corrected chi connectivity index (χ2v) is 6.78. The number of aliphatic hydroxyl groups is 4. The molecule has 3 rings (SSSR count). The Morgan fingerprint density at radius 1 is 1.00 bits per heavy atom. The van der Waals surface area contributed by atoms with Crippen LogP contribution in [0.3, 0.4) is 0 Å². The first-order valence-electron chi connectivity index (χ1n) is 7.52. The Hall–Kier alpha value is -1.28. The van der Waals surface area contributed by atoms with Gasteiger partial charge in [0.1, 0.15) is 30.5 Å². The van der Waals surface area contributed by atoms with Gasteiger partial charge in [0.15, 0.2) is 0 Å². The summed E-state index contributed by atoms with van der Waals surface area (Å²) >= 11 is 1.68. The zero-order valence-corrected chi connectivity index (χ0v) is 13.3. The summed E-state index contributed by atoms with van der Waals surface area (Å²) in [5.74, 6) is 0. The van der Waals surface area contributed by atoms with E-state index in [0.717, 1.165) is 17.5 Å². The number of hydrogen-bond donors (Lipinski definition) is 4. The molecule has 5 nitrogen and oxygen atoms in total. The Bertz CT molecular complexity index is 628. The summed E-state index contributed by atoms with van der Waals surface area (Å²) in [7, 11) is 0. The van der Waals surface area contributed by atoms with E-state index in [1.807, 2.05) is 35.7 Å². The molecular weight excluding hydrogens is 316 g/mol. The van der Waals surface area contributed by atoms with Crippen molar-refractivity contribution in [3.63, 3.8) is 0 Å². The molecule has 1 aromatic heterocycles. The molecule has 0 radical (unpaired) electrons. The van der Waals surface area contributed by atoms with Gasteiger partial charge in [-0.1, -0.05) is 30.3 Å². The van der Waals surface area contributed by atoms with Crippen LogP contribution in [0, 0.1) is 0 Å². The molecule has 1 fully saturated rings. The molecular formula is C17H20O5S. The summed E-state index contributed by atoms with van der Waals surface area (Å²) in [4.78, 5) is 1.23. The molecule has 0 unspecified atom stereocenters. The highest BCUT2D eigenvalue weighted by molar-refractivity contribution is 7.09. The second kappa shape index (κ2) is 7.09. The normalized spacial score (nSPS) is 31.2. The second-order valence-electron chi connectivity index (χ2n) is 5.75. The third-order valence-corrected chi connectivity index (χ3v) is 5.01. The van der Waals surface area contributed by atoms with E-state index in [9.17, 15) is 20.4 Å². The molecule has 0 saturated carbocycles. The van der Waals surface area contributed by atoms with Crippen LogP contribution >= 0.6 is 11.3 Å². The van der Waals surface area contributed by atoms with E-state index in [-0.39, 0.29) is 0 Å². The van der Waals surface area contributed by atoms with Crippen LogP contribution in [0.25, 0.3) is 0 Å². The smallest absolute Gasteiger partial charge is 0.113 e. The van der Waals surface area contributed by atoms with Crippen LogP contribution in [0.5, 0.6) is 0 Å². The highest BCUT2D eigenvalue weighted by Crippen LogP contribution is 2.33. The topological polar surface area (TPSA) is 90.2 Å². The van der Waals surface area contributed by atoms with Crippen LogP contribution in [0.4, 0.5) is 0 Å². The van der Waals surface area contributed by atoms with Gasteiger partial charge in [0.2, 0.25) is 0 Å². The quantitative estimate of drug-likeness (QED) is 0.665. The van der Waals surface area contributed by atoms with Crippen molar-refractivity contribution in [3.05, 3.63) is 57.8 Å². The van der Waals surface area contributed by atoms with Crippen molar-refractivity contribution in [1.82, 2.24) is 0 Å². The van der Waals surface area contributed by atoms with Gasteiger partial charge in [-0.3, -0.25) is 0 Å². The molecule has 0 spiro atoms. The van der Waals surface area contributed by atoms with Crippen molar-refractivity contribution < 1.29 is 25.2 Å². The van der Waals surface area contributed by atoms with Crippen LogP contribution in [-0.2, 0) is 11.2 Å². The minimum Gasteiger partial charge on any atom is -0.394 e. The summed E-state index contributed by atoms with van der Waals surface area (Å²) in [5, 5.41) is 41.3. The average Bonchev–Trinajstić information content (AvgIpc) is 3.06. The Morgan fingerprint density at radius 2 is 1.83 bits per heavy atom. The molecule has 4 N–H and O–H groups in total. The lowest BCUT2D eigenvalue weighted by Crippen LogP contribution is -2.55. The fraction of sp³-hybridized carbons (Fsp3) is 0.412. The van der Waals surface area contributed by atoms with Crippen LogP contribution in [0.1, 0.15) is 22.1 Å². The molecule has 124 valence electrons. The Balaban J connectivity index is 1.82. The van der Waals surface area contributed by atoms with Gasteiger partial charge in [0.05, 0.1) is 6.61 Å². The molecule has 23 heavy (non-hydrogen) atoms. The van der Waals surface area contributed by atoms with Gasteiger partial charge in [0.25, 0.3) is 0 Å². The largest absolute Gasteiger partial charge is 0.394 e. The minimum atomic E-state index is -1.35. The van der Waals surface area contributed by atoms with Crippen molar-refractivity contribution in [2.45, 2.75) is 36.9 Å². The van der Waals surface area contributed by atoms with Crippen LogP contribution in [0.15, 0.2) is 41.8 Å². The first kappa shape index (κ1) is 16.6. The minimum absolute atomic E-state index is 0.420. The summed E-state index contributed by atoms with van der Waals surface area (Å²) in [6, 6.07) is 11.7. The van der Waals surface area contributed by atoms with E-state index in [1.54, 1.807) is 11.3 Å². The molecule has 1 saturated heterocycles. The van der Waals surface area contributed by atoms with Crippen molar-refractivity contribution in [2.75, 3.05) is 6.61 Å². The maximum atomic E-state index is 10.2. The fourth-order valence-electron chi connectivity index (χ4n) is 2.87. The highest BCUT2D eigenvalue weighted by atomic mass is 32.1. The summed E-state index contributed by atoms with van der Waals surface area (Å²) < 4.78 is 5.60. The fourth-order valence-corrected chi connectivity index (χ4v) is 3.61. The van der Waals surface area contributed by atoms with Gasteiger partial charge in [-0.2, -0.15) is 0 Å². The van der Waals surface area contributed by atoms with Gasteiger partial charge >= 0.3 is 0 Å². The summed E-state index contributed by atoms with van der Waals surface area (Å²) in [6.07, 6.45) is -4.83. The zero-order valence-electron chi connectivity index (χ0n) is 12.4. The lowest BCUT2D eigenvalue weighted by atomic mass is 9.90. The highest BCUT2D eigenvalue weighted by Gasteiger charge is 2.43. The molecule has 2 heterocycles. The van der Waals surface area contributed by atoms with Gasteiger partial charge in [0, 0.05) is 11.3 Å². The number of rotatable bonds is 4. The van der Waals surface area contributed by atoms with Gasteiger partial charge in [-0.15, -0.1) is 11.3 Å². The van der Waals surface area contributed by atoms with E-state index < -0.39 is 37.1 Å². The number of hydrogen-bond acceptors (Lipinski definition) is 6. The monoisotopic (exact) mass is 336 g/mol. The van der Waals surface area contributed by atoms with Crippen molar-refractivity contribution in [3.8, 4) is 0 Å². The van der Waals surface area contributed by atoms with Crippen molar-refractivity contribution >= 4 is 11.3 Å². The molecule has 6 heteroatoms. The molecule has 1 aromatic carbocycles. The average molecular weight is 336 g/mol. The first-order valence-corrected chi connectivity index (χ1v) is 8.40. The Morgan fingerprint density at radius 3 is 2.52 bits per heavy atom. The van der Waals surface area contributed by atoms with Gasteiger partial charge in [-0.05, 0) is 22.6 Å². The summed E-state index contributed by atoms with van der Waals surface area (Å²) in [6.45, 7) is -0.420. The standard InChI is InChI=1S/C17H20O5S/c18-9-13-14(19)15(20)16(21)17(22-13)11-4-1-3-10(7-11)8-12-5-2-6-23-12/h1-7,13-21H,8-9H2/t13-,14-,15+,16-,17+/m1/s1. The third-order valence-electron chi connectivity index (χ3n) is 4.13. The molecule has 5 atom stereocenters. The number of thiophene rings is 1. The maximum Gasteiger partial charge on any atom is 0.113 e. The Kier molecular flexibility index (Phi) is 5.11. The van der Waals surface area contributed by atoms with E-state index >= 15 is 0 Å². The molecule has 0 bridgehead atoms. The van der Waals surface area contributed by atoms with E-state index in [4.69, 9.17) is 4.74 Å². The molecule has 1 aliphatic heterocycles. The molecule has 2 aromatic rings. The first-order chi connectivity index (χ1) is 11.1. The van der Waals surface area contributed by atoms with E-state index in [0.29, 0.717) is 0 Å². The van der Waals surface area contributed by atoms with Crippen LogP contribution in [0.2, 0.25) is 0 Å². The van der Waals surface area contributed by atoms with E-state index in [2.05, 4.69) is 6.07 Å². The number of ether oxygens (including phenoxy) is 1. The predicted molar refractivity (Wildman–Crippen MR) is 86.3 cm³/mol. The third kappa shape index (κ3) is 3.47. The van der Waals surface area contributed by atoms with Gasteiger partial charge in [-0.25, -0.2) is 0 Å². The lowest BCUT2D eigenvalue weighted by molar-refractivity contribution is -0.231. The predicted octanol–water partition coefficient (Wildman–Crippen LogP) is 0.854. The van der Waals surface area contributed by atoms with Crippen molar-refractivity contribution in [2.24, 2.45) is 0 Å². The van der Waals surface area contributed by atoms with E-state index in [1.165, 1.54) is 4.88 Å².